The average molecular weight is 524 g/mol. The molecule has 2 aromatic carbocycles. The second kappa shape index (κ2) is 10.3. The van der Waals surface area contributed by atoms with Crippen LogP contribution in [0.1, 0.15) is 51.3 Å². The van der Waals surface area contributed by atoms with Crippen LogP contribution < -0.4 is 10.9 Å². The molecule has 1 amide bonds. The number of anilines is 1. The molecule has 0 fully saturated rings. The van der Waals surface area contributed by atoms with Gasteiger partial charge in [-0.2, -0.15) is 23.7 Å². The smallest absolute Gasteiger partial charge is 0.349 e. The summed E-state index contributed by atoms with van der Waals surface area (Å²) in [4.78, 5) is 32.0. The number of amides is 1. The van der Waals surface area contributed by atoms with Gasteiger partial charge in [0.15, 0.2) is 0 Å². The Balaban J connectivity index is 1.61. The molecule has 0 saturated carbocycles. The zero-order chi connectivity index (χ0) is 27.6. The van der Waals surface area contributed by atoms with Gasteiger partial charge < -0.3 is 10.2 Å². The van der Waals surface area contributed by atoms with Crippen molar-refractivity contribution in [1.29, 1.82) is 10.5 Å². The summed E-state index contributed by atoms with van der Waals surface area (Å²) in [6.07, 6.45) is -4.28. The number of carbonyl (C=O) groups excluding carboxylic acids is 1. The van der Waals surface area contributed by atoms with Gasteiger partial charge in [0.1, 0.15) is 12.4 Å². The molecular formula is C26H20F4N6O2. The highest BCUT2D eigenvalue weighted by Gasteiger charge is 2.31. The number of nitriles is 2. The molecule has 3 aromatic rings. The van der Waals surface area contributed by atoms with E-state index in [0.717, 1.165) is 22.8 Å². The van der Waals surface area contributed by atoms with Crippen molar-refractivity contribution in [3.63, 3.8) is 0 Å². The number of halogens is 4. The molecule has 1 N–H and O–H groups in total. The molecule has 38 heavy (non-hydrogen) atoms. The van der Waals surface area contributed by atoms with Crippen LogP contribution in [0.3, 0.4) is 0 Å². The van der Waals surface area contributed by atoms with Crippen molar-refractivity contribution < 1.29 is 22.4 Å². The molecule has 1 atom stereocenters. The molecule has 194 valence electrons. The van der Waals surface area contributed by atoms with Crippen LogP contribution in [0.2, 0.25) is 0 Å². The maximum Gasteiger partial charge on any atom is 0.416 e. The van der Waals surface area contributed by atoms with Gasteiger partial charge in [-0.25, -0.2) is 9.37 Å². The van der Waals surface area contributed by atoms with E-state index in [-0.39, 0.29) is 48.7 Å². The second-order valence-electron chi connectivity index (χ2n) is 8.68. The zero-order valence-electron chi connectivity index (χ0n) is 20.0. The molecule has 4 rings (SSSR count). The first-order valence-corrected chi connectivity index (χ1v) is 11.5. The number of aromatic nitrogens is 2. The number of hydrogen-bond acceptors (Lipinski definition) is 6. The van der Waals surface area contributed by atoms with Gasteiger partial charge in [0.25, 0.3) is 11.5 Å². The lowest BCUT2D eigenvalue weighted by Gasteiger charge is -2.29. The molecule has 1 aliphatic heterocycles. The Labute approximate surface area is 214 Å². The van der Waals surface area contributed by atoms with Crippen LogP contribution in [-0.4, -0.2) is 26.9 Å². The van der Waals surface area contributed by atoms with E-state index < -0.39 is 35.1 Å². The Morgan fingerprint density at radius 2 is 1.89 bits per heavy atom. The predicted octanol–water partition coefficient (Wildman–Crippen LogP) is 4.17. The summed E-state index contributed by atoms with van der Waals surface area (Å²) < 4.78 is 54.1. The lowest BCUT2D eigenvalue weighted by atomic mass is 10.0. The highest BCUT2D eigenvalue weighted by atomic mass is 19.4. The topological polar surface area (TPSA) is 115 Å². The third-order valence-corrected chi connectivity index (χ3v) is 6.24. The average Bonchev–Trinajstić information content (AvgIpc) is 2.89. The van der Waals surface area contributed by atoms with E-state index in [4.69, 9.17) is 5.26 Å². The molecule has 0 bridgehead atoms. The van der Waals surface area contributed by atoms with Crippen molar-refractivity contribution in [2.24, 2.45) is 0 Å². The number of nitrogens with one attached hydrogen (secondary N) is 1. The second-order valence-corrected chi connectivity index (χ2v) is 8.68. The third-order valence-electron chi connectivity index (χ3n) is 6.24. The normalized spacial score (nSPS) is 13.7. The number of rotatable bonds is 5. The Bertz CT molecular complexity index is 1530. The summed E-state index contributed by atoms with van der Waals surface area (Å²) in [5, 5.41) is 21.2. The molecule has 1 aromatic heterocycles. The number of benzene rings is 2. The SMILES string of the molecule is C[C@H](Nc1nc2c(c(=O)n1CC#N)CN(C(=O)c1ccc(C#N)cc1F)CC2)c1ccc(C(F)(F)F)cc1. The third kappa shape index (κ3) is 5.20. The van der Waals surface area contributed by atoms with Crippen molar-refractivity contribution in [3.05, 3.63) is 92.1 Å². The molecule has 0 radical (unpaired) electrons. The minimum absolute atomic E-state index is 0.0668. The Morgan fingerprint density at radius 1 is 1.18 bits per heavy atom. The molecule has 12 heteroatoms. The van der Waals surface area contributed by atoms with E-state index in [1.165, 1.54) is 29.2 Å². The summed E-state index contributed by atoms with van der Waals surface area (Å²) in [5.41, 5.74) is -0.427. The molecule has 2 heterocycles. The lowest BCUT2D eigenvalue weighted by molar-refractivity contribution is -0.137. The predicted molar refractivity (Wildman–Crippen MR) is 127 cm³/mol. The molecule has 0 aliphatic carbocycles. The van der Waals surface area contributed by atoms with Gasteiger partial charge in [0.2, 0.25) is 5.95 Å². The largest absolute Gasteiger partial charge is 0.416 e. The van der Waals surface area contributed by atoms with Crippen LogP contribution in [0.5, 0.6) is 0 Å². The van der Waals surface area contributed by atoms with Crippen LogP contribution in [0, 0.1) is 28.5 Å². The van der Waals surface area contributed by atoms with Crippen molar-refractivity contribution in [2.45, 2.75) is 38.7 Å². The van der Waals surface area contributed by atoms with Gasteiger partial charge in [-0.1, -0.05) is 12.1 Å². The number of carbonyl (C=O) groups is 1. The molecular weight excluding hydrogens is 504 g/mol. The first-order valence-electron chi connectivity index (χ1n) is 11.5. The van der Waals surface area contributed by atoms with Crippen LogP contribution in [0.25, 0.3) is 0 Å². The lowest BCUT2D eigenvalue weighted by Crippen LogP contribution is -2.42. The molecule has 0 saturated heterocycles. The summed E-state index contributed by atoms with van der Waals surface area (Å²) in [7, 11) is 0. The Morgan fingerprint density at radius 3 is 2.50 bits per heavy atom. The number of nitrogens with zero attached hydrogens (tertiary/aromatic N) is 5. The summed E-state index contributed by atoms with van der Waals surface area (Å²) >= 11 is 0. The van der Waals surface area contributed by atoms with Gasteiger partial charge in [-0.3, -0.25) is 14.2 Å². The zero-order valence-corrected chi connectivity index (χ0v) is 20.0. The van der Waals surface area contributed by atoms with Crippen molar-refractivity contribution in [3.8, 4) is 12.1 Å². The first kappa shape index (κ1) is 26.4. The fraction of sp³-hybridized carbons (Fsp3) is 0.269. The Kier molecular flexibility index (Phi) is 7.17. The van der Waals surface area contributed by atoms with Crippen molar-refractivity contribution in [2.75, 3.05) is 11.9 Å². The van der Waals surface area contributed by atoms with Crippen LogP contribution in [-0.2, 0) is 25.7 Å². The fourth-order valence-electron chi connectivity index (χ4n) is 4.18. The number of fused-ring (bicyclic) bond motifs is 1. The molecule has 8 nitrogen and oxygen atoms in total. The van der Waals surface area contributed by atoms with Gasteiger partial charge in [0, 0.05) is 13.0 Å². The Hall–Kier alpha value is -4.71. The van der Waals surface area contributed by atoms with Gasteiger partial charge in [0.05, 0.1) is 52.7 Å². The van der Waals surface area contributed by atoms with Gasteiger partial charge in [-0.05, 0) is 42.8 Å². The summed E-state index contributed by atoms with van der Waals surface area (Å²) in [6, 6.07) is 11.2. The quantitative estimate of drug-likeness (QED) is 0.501. The van der Waals surface area contributed by atoms with E-state index in [1.807, 2.05) is 6.07 Å². The van der Waals surface area contributed by atoms with Crippen LogP contribution in [0.4, 0.5) is 23.5 Å². The van der Waals surface area contributed by atoms with E-state index in [2.05, 4.69) is 10.3 Å². The highest BCUT2D eigenvalue weighted by Crippen LogP contribution is 2.30. The molecule has 1 aliphatic rings. The monoisotopic (exact) mass is 524 g/mol. The standard InChI is InChI=1S/C26H20F4N6O2/c1-15(17-3-5-18(6-4-17)26(28,29)30)33-25-34-22-8-10-35(14-20(22)24(38)36(25)11-9-31)23(37)19-7-2-16(13-32)12-21(19)27/h2-7,12,15H,8,10-11,14H2,1H3,(H,33,34)/t15-/m0/s1. The summed E-state index contributed by atoms with van der Waals surface area (Å²) in [5.74, 6) is -1.43. The molecule has 0 spiro atoms. The van der Waals surface area contributed by atoms with E-state index >= 15 is 0 Å². The van der Waals surface area contributed by atoms with Crippen LogP contribution >= 0.6 is 0 Å². The van der Waals surface area contributed by atoms with Gasteiger partial charge in [-0.15, -0.1) is 0 Å². The number of hydrogen-bond donors (Lipinski definition) is 1. The highest BCUT2D eigenvalue weighted by molar-refractivity contribution is 5.94. The minimum atomic E-state index is -4.47. The first-order chi connectivity index (χ1) is 18.0. The van der Waals surface area contributed by atoms with E-state index in [9.17, 15) is 32.4 Å². The van der Waals surface area contributed by atoms with E-state index in [1.54, 1.807) is 13.0 Å². The maximum atomic E-state index is 14.4. The van der Waals surface area contributed by atoms with Crippen molar-refractivity contribution >= 4 is 11.9 Å². The van der Waals surface area contributed by atoms with Crippen molar-refractivity contribution in [1.82, 2.24) is 14.5 Å². The van der Waals surface area contributed by atoms with Crippen LogP contribution in [0.15, 0.2) is 47.3 Å². The number of alkyl halides is 3. The molecule has 0 unspecified atom stereocenters. The maximum absolute atomic E-state index is 14.4. The van der Waals surface area contributed by atoms with E-state index in [0.29, 0.717) is 11.3 Å². The minimum Gasteiger partial charge on any atom is -0.349 e. The fourth-order valence-corrected chi connectivity index (χ4v) is 4.18. The summed E-state index contributed by atoms with van der Waals surface area (Å²) in [6.45, 7) is 1.31. The van der Waals surface area contributed by atoms with Gasteiger partial charge >= 0.3 is 6.18 Å².